The van der Waals surface area contributed by atoms with Gasteiger partial charge in [0.2, 0.25) is 0 Å². The first-order valence-electron chi connectivity index (χ1n) is 5.99. The lowest BCUT2D eigenvalue weighted by Crippen LogP contribution is -2.23. The molecule has 0 bridgehead atoms. The van der Waals surface area contributed by atoms with Gasteiger partial charge in [0, 0.05) is 31.4 Å². The van der Waals surface area contributed by atoms with Crippen LogP contribution in [0, 0.1) is 0 Å². The maximum atomic E-state index is 4.43. The van der Waals surface area contributed by atoms with Crippen molar-refractivity contribution < 1.29 is 0 Å². The van der Waals surface area contributed by atoms with Gasteiger partial charge in [-0.15, -0.1) is 0 Å². The molecule has 1 unspecified atom stereocenters. The SMILES string of the molecule is CCCc1nccn1C(CCC)CNC. The molecular formula is C12H23N3. The molecule has 0 aromatic carbocycles. The fourth-order valence-corrected chi connectivity index (χ4v) is 2.00. The van der Waals surface area contributed by atoms with Crippen LogP contribution >= 0.6 is 0 Å². The Kier molecular flexibility index (Phi) is 5.40. The molecule has 0 fully saturated rings. The Morgan fingerprint density at radius 3 is 2.80 bits per heavy atom. The molecule has 3 heteroatoms. The zero-order valence-corrected chi connectivity index (χ0v) is 10.2. The van der Waals surface area contributed by atoms with Crippen LogP contribution in [0.4, 0.5) is 0 Å². The lowest BCUT2D eigenvalue weighted by molar-refractivity contribution is 0.429. The molecule has 3 nitrogen and oxygen atoms in total. The molecule has 0 amide bonds. The smallest absolute Gasteiger partial charge is 0.108 e. The van der Waals surface area contributed by atoms with E-state index in [1.54, 1.807) is 0 Å². The summed E-state index contributed by atoms with van der Waals surface area (Å²) in [6.45, 7) is 5.46. The van der Waals surface area contributed by atoms with Crippen molar-refractivity contribution in [2.24, 2.45) is 0 Å². The topological polar surface area (TPSA) is 29.9 Å². The Bertz CT molecular complexity index is 262. The molecule has 15 heavy (non-hydrogen) atoms. The third kappa shape index (κ3) is 3.34. The number of nitrogens with one attached hydrogen (secondary N) is 1. The average molecular weight is 209 g/mol. The second kappa shape index (κ2) is 6.62. The van der Waals surface area contributed by atoms with Crippen LogP contribution in [-0.2, 0) is 6.42 Å². The first-order chi connectivity index (χ1) is 7.33. The van der Waals surface area contributed by atoms with E-state index in [2.05, 4.69) is 34.9 Å². The number of hydrogen-bond donors (Lipinski definition) is 1. The van der Waals surface area contributed by atoms with Gasteiger partial charge in [0.25, 0.3) is 0 Å². The summed E-state index contributed by atoms with van der Waals surface area (Å²) in [4.78, 5) is 4.43. The number of hydrogen-bond acceptors (Lipinski definition) is 2. The maximum absolute atomic E-state index is 4.43. The van der Waals surface area contributed by atoms with E-state index in [-0.39, 0.29) is 0 Å². The summed E-state index contributed by atoms with van der Waals surface area (Å²) in [6, 6.07) is 0.559. The van der Waals surface area contributed by atoms with Crippen LogP contribution in [0.3, 0.4) is 0 Å². The molecule has 0 aliphatic heterocycles. The van der Waals surface area contributed by atoms with Crippen LogP contribution in [0.2, 0.25) is 0 Å². The number of imidazole rings is 1. The second-order valence-corrected chi connectivity index (χ2v) is 4.00. The van der Waals surface area contributed by atoms with E-state index < -0.39 is 0 Å². The van der Waals surface area contributed by atoms with Gasteiger partial charge in [-0.2, -0.15) is 0 Å². The number of aryl methyl sites for hydroxylation is 1. The molecule has 1 aromatic rings. The highest BCUT2D eigenvalue weighted by atomic mass is 15.1. The van der Waals surface area contributed by atoms with E-state index in [4.69, 9.17) is 0 Å². The van der Waals surface area contributed by atoms with Crippen molar-refractivity contribution in [1.29, 1.82) is 0 Å². The Morgan fingerprint density at radius 1 is 1.40 bits per heavy atom. The second-order valence-electron chi connectivity index (χ2n) is 4.00. The van der Waals surface area contributed by atoms with Crippen molar-refractivity contribution in [2.45, 2.75) is 45.6 Å². The van der Waals surface area contributed by atoms with Crippen molar-refractivity contribution >= 4 is 0 Å². The molecule has 1 rings (SSSR count). The van der Waals surface area contributed by atoms with E-state index in [1.807, 2.05) is 13.2 Å². The average Bonchev–Trinajstić information content (AvgIpc) is 2.66. The van der Waals surface area contributed by atoms with Crippen LogP contribution in [0.5, 0.6) is 0 Å². The Hall–Kier alpha value is -0.830. The van der Waals surface area contributed by atoms with E-state index >= 15 is 0 Å². The summed E-state index contributed by atoms with van der Waals surface area (Å²) < 4.78 is 2.34. The molecule has 0 aliphatic rings. The van der Waals surface area contributed by atoms with Crippen molar-refractivity contribution in [2.75, 3.05) is 13.6 Å². The Balaban J connectivity index is 2.74. The van der Waals surface area contributed by atoms with Gasteiger partial charge in [0.05, 0.1) is 0 Å². The molecule has 0 radical (unpaired) electrons. The predicted octanol–water partition coefficient (Wildman–Crippen LogP) is 2.40. The first kappa shape index (κ1) is 12.2. The molecule has 0 saturated carbocycles. The van der Waals surface area contributed by atoms with E-state index in [0.717, 1.165) is 19.4 Å². The summed E-state index contributed by atoms with van der Waals surface area (Å²) >= 11 is 0. The third-order valence-electron chi connectivity index (χ3n) is 2.68. The monoisotopic (exact) mass is 209 g/mol. The molecule has 0 saturated heterocycles. The van der Waals surface area contributed by atoms with Gasteiger partial charge in [-0.1, -0.05) is 20.3 Å². The lowest BCUT2D eigenvalue weighted by atomic mass is 10.1. The predicted molar refractivity (Wildman–Crippen MR) is 64.1 cm³/mol. The number of rotatable bonds is 7. The molecule has 0 aliphatic carbocycles. The summed E-state index contributed by atoms with van der Waals surface area (Å²) in [5, 5.41) is 3.26. The number of likely N-dealkylation sites (N-methyl/N-ethyl adjacent to an activating group) is 1. The molecule has 1 heterocycles. The van der Waals surface area contributed by atoms with Gasteiger partial charge in [-0.05, 0) is 19.9 Å². The minimum Gasteiger partial charge on any atom is -0.331 e. The van der Waals surface area contributed by atoms with Gasteiger partial charge >= 0.3 is 0 Å². The van der Waals surface area contributed by atoms with Gasteiger partial charge in [0.15, 0.2) is 0 Å². The highest BCUT2D eigenvalue weighted by molar-refractivity contribution is 4.95. The van der Waals surface area contributed by atoms with Crippen LogP contribution in [-0.4, -0.2) is 23.1 Å². The van der Waals surface area contributed by atoms with Crippen LogP contribution < -0.4 is 5.32 Å². The lowest BCUT2D eigenvalue weighted by Gasteiger charge is -2.19. The molecule has 0 spiro atoms. The molecule has 86 valence electrons. The van der Waals surface area contributed by atoms with Gasteiger partial charge in [0.1, 0.15) is 5.82 Å². The van der Waals surface area contributed by atoms with Crippen LogP contribution in [0.25, 0.3) is 0 Å². The highest BCUT2D eigenvalue weighted by Gasteiger charge is 2.12. The van der Waals surface area contributed by atoms with Crippen LogP contribution in [0.15, 0.2) is 12.4 Å². The number of aromatic nitrogens is 2. The molecule has 1 aromatic heterocycles. The third-order valence-corrected chi connectivity index (χ3v) is 2.68. The van der Waals surface area contributed by atoms with Crippen molar-refractivity contribution in [1.82, 2.24) is 14.9 Å². The normalized spacial score (nSPS) is 13.0. The fraction of sp³-hybridized carbons (Fsp3) is 0.750. The molecular weight excluding hydrogens is 186 g/mol. The van der Waals surface area contributed by atoms with E-state index in [1.165, 1.54) is 18.7 Å². The summed E-state index contributed by atoms with van der Waals surface area (Å²) in [7, 11) is 2.01. The fourth-order valence-electron chi connectivity index (χ4n) is 2.00. The van der Waals surface area contributed by atoms with Crippen molar-refractivity contribution in [3.8, 4) is 0 Å². The maximum Gasteiger partial charge on any atom is 0.108 e. The summed E-state index contributed by atoms with van der Waals surface area (Å²) in [6.07, 6.45) is 8.71. The van der Waals surface area contributed by atoms with Crippen LogP contribution in [0.1, 0.15) is 45.0 Å². The number of nitrogens with zero attached hydrogens (tertiary/aromatic N) is 2. The minimum atomic E-state index is 0.559. The van der Waals surface area contributed by atoms with E-state index in [0.29, 0.717) is 6.04 Å². The van der Waals surface area contributed by atoms with Gasteiger partial charge in [-0.3, -0.25) is 0 Å². The summed E-state index contributed by atoms with van der Waals surface area (Å²) in [5.74, 6) is 1.23. The quantitative estimate of drug-likeness (QED) is 0.747. The zero-order chi connectivity index (χ0) is 11.1. The molecule has 1 atom stereocenters. The summed E-state index contributed by atoms with van der Waals surface area (Å²) in [5.41, 5.74) is 0. The largest absolute Gasteiger partial charge is 0.331 e. The Labute approximate surface area is 92.9 Å². The molecule has 1 N–H and O–H groups in total. The van der Waals surface area contributed by atoms with Gasteiger partial charge < -0.3 is 9.88 Å². The standard InChI is InChI=1S/C12H23N3/c1-4-6-11(10-13-3)15-9-8-14-12(15)7-5-2/h8-9,11,13H,4-7,10H2,1-3H3. The first-order valence-corrected chi connectivity index (χ1v) is 5.99. The minimum absolute atomic E-state index is 0.559. The van der Waals surface area contributed by atoms with Crippen molar-refractivity contribution in [3.05, 3.63) is 18.2 Å². The van der Waals surface area contributed by atoms with E-state index in [9.17, 15) is 0 Å². The highest BCUT2D eigenvalue weighted by Crippen LogP contribution is 2.16. The zero-order valence-electron chi connectivity index (χ0n) is 10.2. The Morgan fingerprint density at radius 2 is 2.20 bits per heavy atom. The van der Waals surface area contributed by atoms with Gasteiger partial charge in [-0.25, -0.2) is 4.98 Å². The van der Waals surface area contributed by atoms with Crippen molar-refractivity contribution in [3.63, 3.8) is 0 Å².